The predicted octanol–water partition coefficient (Wildman–Crippen LogP) is 2.63. The third kappa shape index (κ3) is 3.27. The summed E-state index contributed by atoms with van der Waals surface area (Å²) >= 11 is 6.81. The first-order valence-electron chi connectivity index (χ1n) is 5.71. The van der Waals surface area contributed by atoms with Crippen LogP contribution >= 0.6 is 23.6 Å². The molecule has 1 aromatic heterocycles. The van der Waals surface area contributed by atoms with Crippen LogP contribution in [-0.4, -0.2) is 22.5 Å². The number of nitrogens with two attached hydrogens (primary N) is 1. The average Bonchev–Trinajstić information content (AvgIpc) is 2.97. The van der Waals surface area contributed by atoms with Gasteiger partial charge in [-0.05, 0) is 35.2 Å². The molecule has 1 heterocycles. The van der Waals surface area contributed by atoms with Crippen LogP contribution in [0.25, 0.3) is 0 Å². The fraction of sp³-hybridized carbons (Fsp3) is 0.583. The average molecular weight is 254 g/mol. The van der Waals surface area contributed by atoms with E-state index in [4.69, 9.17) is 18.0 Å². The molecule has 4 heteroatoms. The van der Waals surface area contributed by atoms with E-state index in [0.717, 1.165) is 19.1 Å². The molecule has 0 radical (unpaired) electrons. The van der Waals surface area contributed by atoms with Crippen molar-refractivity contribution in [3.63, 3.8) is 0 Å². The van der Waals surface area contributed by atoms with Crippen LogP contribution < -0.4 is 5.73 Å². The summed E-state index contributed by atoms with van der Waals surface area (Å²) in [7, 11) is 0. The molecule has 0 bridgehead atoms. The van der Waals surface area contributed by atoms with Crippen LogP contribution in [0.5, 0.6) is 0 Å². The molecule has 2 N–H and O–H groups in total. The maximum atomic E-state index is 5.69. The summed E-state index contributed by atoms with van der Waals surface area (Å²) in [6, 6.07) is 2.96. The standard InChI is InChI=1S/C12H18N2S2/c1-9(12(13)15)6-14(11-2-3-11)7-10-4-5-16-8-10/h4-5,8-9,11H,2-3,6-7H2,1H3,(H2,13,15). The molecule has 2 nitrogen and oxygen atoms in total. The van der Waals surface area contributed by atoms with Gasteiger partial charge in [-0.25, -0.2) is 0 Å². The van der Waals surface area contributed by atoms with E-state index < -0.39 is 0 Å². The van der Waals surface area contributed by atoms with Gasteiger partial charge in [-0.2, -0.15) is 11.3 Å². The van der Waals surface area contributed by atoms with Crippen LogP contribution in [0.2, 0.25) is 0 Å². The van der Waals surface area contributed by atoms with Crippen LogP contribution in [0.1, 0.15) is 25.3 Å². The van der Waals surface area contributed by atoms with Gasteiger partial charge in [-0.1, -0.05) is 19.1 Å². The zero-order valence-corrected chi connectivity index (χ0v) is 11.2. The number of nitrogens with zero attached hydrogens (tertiary/aromatic N) is 1. The Hall–Kier alpha value is -0.450. The molecule has 0 aliphatic heterocycles. The van der Waals surface area contributed by atoms with E-state index >= 15 is 0 Å². The van der Waals surface area contributed by atoms with Gasteiger partial charge in [-0.15, -0.1) is 0 Å². The monoisotopic (exact) mass is 254 g/mol. The van der Waals surface area contributed by atoms with Crippen molar-refractivity contribution >= 4 is 28.5 Å². The fourth-order valence-electron chi connectivity index (χ4n) is 1.84. The number of thiophene rings is 1. The molecule has 1 aliphatic rings. The lowest BCUT2D eigenvalue weighted by Gasteiger charge is -2.24. The normalized spacial score (nSPS) is 17.6. The van der Waals surface area contributed by atoms with Crippen molar-refractivity contribution in [2.45, 2.75) is 32.4 Å². The Bertz CT molecular complexity index is 344. The van der Waals surface area contributed by atoms with Gasteiger partial charge in [0.25, 0.3) is 0 Å². The van der Waals surface area contributed by atoms with Gasteiger partial charge in [0.2, 0.25) is 0 Å². The van der Waals surface area contributed by atoms with Crippen LogP contribution in [0, 0.1) is 5.92 Å². The largest absolute Gasteiger partial charge is 0.393 e. The van der Waals surface area contributed by atoms with Crippen LogP contribution in [0.15, 0.2) is 16.8 Å². The summed E-state index contributed by atoms with van der Waals surface area (Å²) in [6.07, 6.45) is 2.66. The number of thiocarbonyl (C=S) groups is 1. The SMILES string of the molecule is CC(CN(Cc1ccsc1)C1CC1)C(N)=S. The van der Waals surface area contributed by atoms with Gasteiger partial charge in [0.15, 0.2) is 0 Å². The lowest BCUT2D eigenvalue weighted by atomic mass is 10.1. The highest BCUT2D eigenvalue weighted by molar-refractivity contribution is 7.80. The van der Waals surface area contributed by atoms with E-state index in [1.807, 2.05) is 0 Å². The summed E-state index contributed by atoms with van der Waals surface area (Å²) in [6.45, 7) is 4.16. The Labute approximate surface area is 106 Å². The van der Waals surface area contributed by atoms with E-state index in [0.29, 0.717) is 10.9 Å². The van der Waals surface area contributed by atoms with Crippen LogP contribution in [0.4, 0.5) is 0 Å². The van der Waals surface area contributed by atoms with E-state index in [-0.39, 0.29) is 0 Å². The highest BCUT2D eigenvalue weighted by Crippen LogP contribution is 2.29. The second kappa shape index (κ2) is 5.25. The maximum Gasteiger partial charge on any atom is 0.0768 e. The smallest absolute Gasteiger partial charge is 0.0768 e. The minimum atomic E-state index is 0.314. The van der Waals surface area contributed by atoms with E-state index in [1.165, 1.54) is 18.4 Å². The summed E-state index contributed by atoms with van der Waals surface area (Å²) in [4.78, 5) is 3.15. The first-order chi connectivity index (χ1) is 7.66. The minimum absolute atomic E-state index is 0.314. The molecule has 0 amide bonds. The molecule has 1 saturated carbocycles. The molecule has 1 unspecified atom stereocenters. The Kier molecular flexibility index (Phi) is 3.95. The second-order valence-electron chi connectivity index (χ2n) is 4.60. The lowest BCUT2D eigenvalue weighted by Crippen LogP contribution is -2.35. The highest BCUT2D eigenvalue weighted by Gasteiger charge is 2.30. The van der Waals surface area contributed by atoms with Crippen molar-refractivity contribution in [1.29, 1.82) is 0 Å². The quantitative estimate of drug-likeness (QED) is 0.791. The van der Waals surface area contributed by atoms with Crippen molar-refractivity contribution in [3.8, 4) is 0 Å². The van der Waals surface area contributed by atoms with E-state index in [1.54, 1.807) is 11.3 Å². The van der Waals surface area contributed by atoms with Crippen LogP contribution in [-0.2, 0) is 6.54 Å². The van der Waals surface area contributed by atoms with E-state index in [9.17, 15) is 0 Å². The third-order valence-corrected chi connectivity index (χ3v) is 4.16. The summed E-state index contributed by atoms with van der Waals surface area (Å²) in [5.74, 6) is 0.314. The molecule has 16 heavy (non-hydrogen) atoms. The zero-order valence-electron chi connectivity index (χ0n) is 9.56. The number of hydrogen-bond acceptors (Lipinski definition) is 3. The Morgan fingerprint density at radius 1 is 1.69 bits per heavy atom. The molecule has 1 aliphatic carbocycles. The van der Waals surface area contributed by atoms with Crippen molar-refractivity contribution in [2.75, 3.05) is 6.54 Å². The van der Waals surface area contributed by atoms with Gasteiger partial charge in [0, 0.05) is 25.0 Å². The topological polar surface area (TPSA) is 29.3 Å². The minimum Gasteiger partial charge on any atom is -0.393 e. The molecule has 1 fully saturated rings. The molecule has 0 spiro atoms. The van der Waals surface area contributed by atoms with Crippen molar-refractivity contribution < 1.29 is 0 Å². The van der Waals surface area contributed by atoms with Crippen molar-refractivity contribution in [1.82, 2.24) is 4.90 Å². The molecular weight excluding hydrogens is 236 g/mol. The number of rotatable bonds is 6. The van der Waals surface area contributed by atoms with Gasteiger partial charge < -0.3 is 5.73 Å². The summed E-state index contributed by atoms with van der Waals surface area (Å²) in [5.41, 5.74) is 7.09. The molecular formula is C12H18N2S2. The zero-order chi connectivity index (χ0) is 11.5. The Morgan fingerprint density at radius 3 is 2.94 bits per heavy atom. The first-order valence-corrected chi connectivity index (χ1v) is 7.06. The Balaban J connectivity index is 1.92. The van der Waals surface area contributed by atoms with E-state index in [2.05, 4.69) is 28.7 Å². The second-order valence-corrected chi connectivity index (χ2v) is 5.85. The number of hydrogen-bond donors (Lipinski definition) is 1. The molecule has 1 atom stereocenters. The molecule has 2 rings (SSSR count). The third-order valence-electron chi connectivity index (χ3n) is 3.02. The maximum absolute atomic E-state index is 5.69. The summed E-state index contributed by atoms with van der Waals surface area (Å²) < 4.78 is 0. The van der Waals surface area contributed by atoms with Gasteiger partial charge in [0.05, 0.1) is 4.99 Å². The van der Waals surface area contributed by atoms with Gasteiger partial charge in [-0.3, -0.25) is 4.90 Å². The molecule has 1 aromatic rings. The van der Waals surface area contributed by atoms with Gasteiger partial charge in [0.1, 0.15) is 0 Å². The lowest BCUT2D eigenvalue weighted by molar-refractivity contribution is 0.240. The summed E-state index contributed by atoms with van der Waals surface area (Å²) in [5, 5.41) is 4.36. The Morgan fingerprint density at radius 2 is 2.44 bits per heavy atom. The molecule has 88 valence electrons. The van der Waals surface area contributed by atoms with Gasteiger partial charge >= 0.3 is 0 Å². The first kappa shape index (κ1) is 12.0. The molecule has 0 aromatic carbocycles. The predicted molar refractivity (Wildman–Crippen MR) is 73.7 cm³/mol. The molecule has 0 saturated heterocycles. The highest BCUT2D eigenvalue weighted by atomic mass is 32.1. The van der Waals surface area contributed by atoms with Crippen molar-refractivity contribution in [3.05, 3.63) is 22.4 Å². The van der Waals surface area contributed by atoms with Crippen LogP contribution in [0.3, 0.4) is 0 Å². The van der Waals surface area contributed by atoms with Crippen molar-refractivity contribution in [2.24, 2.45) is 11.7 Å². The fourth-order valence-corrected chi connectivity index (χ4v) is 2.58.